The number of hydrogen-bond acceptors (Lipinski definition) is 3. The summed E-state index contributed by atoms with van der Waals surface area (Å²) >= 11 is 0. The summed E-state index contributed by atoms with van der Waals surface area (Å²) in [6.07, 6.45) is 1.54. The van der Waals surface area contributed by atoms with E-state index in [1.54, 1.807) is 6.92 Å². The first-order chi connectivity index (χ1) is 9.97. The van der Waals surface area contributed by atoms with Crippen molar-refractivity contribution < 1.29 is 9.53 Å². The molecule has 0 saturated heterocycles. The first kappa shape index (κ1) is 17.5. The second-order valence-electron chi connectivity index (χ2n) is 5.60. The highest BCUT2D eigenvalue weighted by atomic mass is 16.5. The fourth-order valence-electron chi connectivity index (χ4n) is 2.26. The van der Waals surface area contributed by atoms with Gasteiger partial charge >= 0.3 is 0 Å². The Morgan fingerprint density at radius 1 is 1.33 bits per heavy atom. The molecule has 0 saturated carbocycles. The molecule has 0 radical (unpaired) electrons. The molecule has 0 aliphatic rings. The van der Waals surface area contributed by atoms with E-state index in [0.29, 0.717) is 0 Å². The molecular weight excluding hydrogens is 264 g/mol. The Bertz CT molecular complexity index is 460. The number of benzene rings is 1. The molecule has 21 heavy (non-hydrogen) atoms. The molecule has 0 fully saturated rings. The molecule has 0 aliphatic carbocycles. The number of rotatable bonds is 8. The van der Waals surface area contributed by atoms with Crippen LogP contribution in [0.3, 0.4) is 0 Å². The van der Waals surface area contributed by atoms with E-state index >= 15 is 0 Å². The van der Waals surface area contributed by atoms with E-state index in [0.717, 1.165) is 30.7 Å². The summed E-state index contributed by atoms with van der Waals surface area (Å²) in [6.45, 7) is 8.69. The van der Waals surface area contributed by atoms with Gasteiger partial charge in [0.05, 0.1) is 0 Å². The number of carbonyl (C=O) groups excluding carboxylic acids is 1. The lowest BCUT2D eigenvalue weighted by Crippen LogP contribution is -2.41. The van der Waals surface area contributed by atoms with Gasteiger partial charge in [-0.3, -0.25) is 4.79 Å². The Hall–Kier alpha value is -1.55. The van der Waals surface area contributed by atoms with E-state index < -0.39 is 6.10 Å². The lowest BCUT2D eigenvalue weighted by atomic mass is 10.1. The van der Waals surface area contributed by atoms with E-state index in [1.807, 2.05) is 33.0 Å². The van der Waals surface area contributed by atoms with Gasteiger partial charge in [-0.05, 0) is 40.3 Å². The van der Waals surface area contributed by atoms with Crippen molar-refractivity contribution in [2.75, 3.05) is 7.05 Å². The molecule has 2 unspecified atom stereocenters. The van der Waals surface area contributed by atoms with Gasteiger partial charge in [0.15, 0.2) is 6.10 Å². The van der Waals surface area contributed by atoms with E-state index in [9.17, 15) is 4.79 Å². The number of hydrogen-bond donors (Lipinski definition) is 2. The summed E-state index contributed by atoms with van der Waals surface area (Å²) in [5.41, 5.74) is 2.25. The maximum absolute atomic E-state index is 12.1. The topological polar surface area (TPSA) is 50.4 Å². The Labute approximate surface area is 128 Å². The lowest BCUT2D eigenvalue weighted by Gasteiger charge is -2.20. The van der Waals surface area contributed by atoms with Gasteiger partial charge in [-0.2, -0.15) is 0 Å². The Balaban J connectivity index is 2.69. The monoisotopic (exact) mass is 292 g/mol. The van der Waals surface area contributed by atoms with Crippen molar-refractivity contribution in [3.8, 4) is 5.75 Å². The van der Waals surface area contributed by atoms with E-state index in [-0.39, 0.29) is 11.9 Å². The van der Waals surface area contributed by atoms with Crippen molar-refractivity contribution in [2.24, 2.45) is 0 Å². The largest absolute Gasteiger partial charge is 0.481 e. The summed E-state index contributed by atoms with van der Waals surface area (Å²) in [7, 11) is 1.90. The normalized spacial score (nSPS) is 13.6. The van der Waals surface area contributed by atoms with Crippen LogP contribution in [0.25, 0.3) is 0 Å². The van der Waals surface area contributed by atoms with E-state index in [2.05, 4.69) is 23.6 Å². The second kappa shape index (κ2) is 8.67. The molecule has 2 atom stereocenters. The van der Waals surface area contributed by atoms with Crippen molar-refractivity contribution in [2.45, 2.75) is 59.2 Å². The maximum Gasteiger partial charge on any atom is 0.260 e. The van der Waals surface area contributed by atoms with Gasteiger partial charge in [0.1, 0.15) is 5.75 Å². The van der Waals surface area contributed by atoms with Crippen LogP contribution < -0.4 is 15.4 Å². The van der Waals surface area contributed by atoms with Crippen LogP contribution in [0.4, 0.5) is 0 Å². The van der Waals surface area contributed by atoms with Gasteiger partial charge in [0.2, 0.25) is 0 Å². The van der Waals surface area contributed by atoms with Crippen molar-refractivity contribution in [1.82, 2.24) is 10.6 Å². The number of nitrogens with one attached hydrogen (secondary N) is 2. The van der Waals surface area contributed by atoms with Crippen molar-refractivity contribution in [1.29, 1.82) is 0 Å². The van der Waals surface area contributed by atoms with Gasteiger partial charge in [-0.15, -0.1) is 0 Å². The summed E-state index contributed by atoms with van der Waals surface area (Å²) in [5, 5.41) is 6.11. The van der Waals surface area contributed by atoms with Gasteiger partial charge in [-0.1, -0.05) is 31.0 Å². The maximum atomic E-state index is 12.1. The van der Waals surface area contributed by atoms with Crippen LogP contribution in [0.1, 0.15) is 44.7 Å². The molecule has 0 bridgehead atoms. The molecule has 1 amide bonds. The highest BCUT2D eigenvalue weighted by Crippen LogP contribution is 2.21. The minimum Gasteiger partial charge on any atom is -0.481 e. The minimum absolute atomic E-state index is 0.0630. The van der Waals surface area contributed by atoms with E-state index in [4.69, 9.17) is 4.74 Å². The zero-order valence-electron chi connectivity index (χ0n) is 13.8. The fraction of sp³-hybridized carbons (Fsp3) is 0.588. The molecular formula is C17H28N2O2. The van der Waals surface area contributed by atoms with Crippen LogP contribution in [-0.2, 0) is 11.3 Å². The average Bonchev–Trinajstić information content (AvgIpc) is 2.42. The summed E-state index contributed by atoms with van der Waals surface area (Å²) in [4.78, 5) is 12.1. The third-order valence-electron chi connectivity index (χ3n) is 3.37. The molecule has 2 N–H and O–H groups in total. The fourth-order valence-corrected chi connectivity index (χ4v) is 2.26. The van der Waals surface area contributed by atoms with Crippen molar-refractivity contribution in [3.05, 3.63) is 29.3 Å². The first-order valence-electron chi connectivity index (χ1n) is 7.69. The van der Waals surface area contributed by atoms with Gasteiger partial charge in [0, 0.05) is 18.2 Å². The molecule has 4 heteroatoms. The molecule has 0 aromatic heterocycles. The average molecular weight is 292 g/mol. The highest BCUT2D eigenvalue weighted by molar-refractivity contribution is 5.81. The van der Waals surface area contributed by atoms with E-state index in [1.165, 1.54) is 5.56 Å². The molecule has 0 aliphatic heterocycles. The highest BCUT2D eigenvalue weighted by Gasteiger charge is 2.17. The molecule has 1 aromatic rings. The number of carbonyl (C=O) groups is 1. The zero-order valence-corrected chi connectivity index (χ0v) is 13.8. The smallest absolute Gasteiger partial charge is 0.260 e. The van der Waals surface area contributed by atoms with Crippen molar-refractivity contribution in [3.63, 3.8) is 0 Å². The molecule has 1 rings (SSSR count). The number of amides is 1. The third kappa shape index (κ3) is 5.76. The predicted octanol–water partition coefficient (Wildman–Crippen LogP) is 2.79. The van der Waals surface area contributed by atoms with Crippen LogP contribution >= 0.6 is 0 Å². The summed E-state index contributed by atoms with van der Waals surface area (Å²) in [5.74, 6) is 0.702. The molecule has 0 spiro atoms. The van der Waals surface area contributed by atoms with Crippen molar-refractivity contribution >= 4 is 5.91 Å². The standard InChI is InChI=1S/C17H28N2O2/c1-6-7-13(3)19-17(20)14(4)21-16-9-8-12(2)10-15(16)11-18-5/h8-10,13-14,18H,6-7,11H2,1-5H3,(H,19,20). The quantitative estimate of drug-likeness (QED) is 0.774. The number of aryl methyl sites for hydroxylation is 1. The SMILES string of the molecule is CCCC(C)NC(=O)C(C)Oc1ccc(C)cc1CNC. The number of ether oxygens (including phenoxy) is 1. The van der Waals surface area contributed by atoms with Gasteiger partial charge in [-0.25, -0.2) is 0 Å². The van der Waals surface area contributed by atoms with Gasteiger partial charge in [0.25, 0.3) is 5.91 Å². The molecule has 1 aromatic carbocycles. The lowest BCUT2D eigenvalue weighted by molar-refractivity contribution is -0.127. The molecule has 4 nitrogen and oxygen atoms in total. The van der Waals surface area contributed by atoms with Crippen LogP contribution in [0, 0.1) is 6.92 Å². The Morgan fingerprint density at radius 2 is 2.05 bits per heavy atom. The Morgan fingerprint density at radius 3 is 2.67 bits per heavy atom. The first-order valence-corrected chi connectivity index (χ1v) is 7.69. The van der Waals surface area contributed by atoms with Crippen LogP contribution in [0.5, 0.6) is 5.75 Å². The van der Waals surface area contributed by atoms with Crippen LogP contribution in [0.15, 0.2) is 18.2 Å². The molecule has 118 valence electrons. The molecule has 0 heterocycles. The predicted molar refractivity (Wildman–Crippen MR) is 86.5 cm³/mol. The summed E-state index contributed by atoms with van der Waals surface area (Å²) in [6, 6.07) is 6.19. The van der Waals surface area contributed by atoms with Crippen LogP contribution in [0.2, 0.25) is 0 Å². The Kier molecular flexibility index (Phi) is 7.23. The second-order valence-corrected chi connectivity index (χ2v) is 5.60. The third-order valence-corrected chi connectivity index (χ3v) is 3.37. The van der Waals surface area contributed by atoms with Crippen LogP contribution in [-0.4, -0.2) is 25.1 Å². The minimum atomic E-state index is -0.498. The summed E-state index contributed by atoms with van der Waals surface area (Å²) < 4.78 is 5.84. The van der Waals surface area contributed by atoms with Gasteiger partial charge < -0.3 is 15.4 Å². The zero-order chi connectivity index (χ0) is 15.8.